The monoisotopic (exact) mass is 389 g/mol. The highest BCUT2D eigenvalue weighted by Gasteiger charge is 2.55. The molecule has 6 heteroatoms. The SMILES string of the molecule is O=C1NC(=NC2CCCC2)C2(CCN(Cc3ccccc3)C2)N1c1cccnc1. The van der Waals surface area contributed by atoms with Crippen LogP contribution in [0.15, 0.2) is 59.9 Å². The third-order valence-corrected chi connectivity index (χ3v) is 6.41. The minimum absolute atomic E-state index is 0.0868. The summed E-state index contributed by atoms with van der Waals surface area (Å²) in [6.07, 6.45) is 9.10. The van der Waals surface area contributed by atoms with Crippen molar-refractivity contribution >= 4 is 17.6 Å². The van der Waals surface area contributed by atoms with Gasteiger partial charge >= 0.3 is 6.03 Å². The van der Waals surface area contributed by atoms with E-state index in [2.05, 4.69) is 39.5 Å². The molecule has 1 saturated carbocycles. The third kappa shape index (κ3) is 3.42. The van der Waals surface area contributed by atoms with Crippen LogP contribution in [0.1, 0.15) is 37.7 Å². The van der Waals surface area contributed by atoms with Crippen molar-refractivity contribution in [3.63, 3.8) is 0 Å². The molecule has 3 heterocycles. The van der Waals surface area contributed by atoms with Crippen LogP contribution in [0.5, 0.6) is 0 Å². The smallest absolute Gasteiger partial charge is 0.296 e. The number of pyridine rings is 1. The Morgan fingerprint density at radius 3 is 2.72 bits per heavy atom. The molecular weight excluding hydrogens is 362 g/mol. The van der Waals surface area contributed by atoms with Gasteiger partial charge in [-0.05, 0) is 37.0 Å². The molecule has 1 aromatic carbocycles. The van der Waals surface area contributed by atoms with Crippen molar-refractivity contribution in [1.82, 2.24) is 15.2 Å². The van der Waals surface area contributed by atoms with Crippen LogP contribution in [0, 0.1) is 0 Å². The largest absolute Gasteiger partial charge is 0.328 e. The van der Waals surface area contributed by atoms with Gasteiger partial charge in [0.2, 0.25) is 0 Å². The van der Waals surface area contributed by atoms with E-state index in [0.29, 0.717) is 6.04 Å². The van der Waals surface area contributed by atoms with Crippen LogP contribution < -0.4 is 10.2 Å². The first-order valence-corrected chi connectivity index (χ1v) is 10.6. The van der Waals surface area contributed by atoms with E-state index in [0.717, 1.165) is 50.4 Å². The highest BCUT2D eigenvalue weighted by atomic mass is 16.2. The summed E-state index contributed by atoms with van der Waals surface area (Å²) in [6.45, 7) is 2.60. The lowest BCUT2D eigenvalue weighted by atomic mass is 9.95. The van der Waals surface area contributed by atoms with Crippen LogP contribution in [-0.2, 0) is 6.54 Å². The number of urea groups is 1. The highest BCUT2D eigenvalue weighted by Crippen LogP contribution is 2.38. The van der Waals surface area contributed by atoms with Crippen molar-refractivity contribution in [2.24, 2.45) is 4.99 Å². The summed E-state index contributed by atoms with van der Waals surface area (Å²) in [5, 5.41) is 3.13. The quantitative estimate of drug-likeness (QED) is 0.869. The second-order valence-electron chi connectivity index (χ2n) is 8.37. The number of amidine groups is 1. The maximum Gasteiger partial charge on any atom is 0.328 e. The zero-order valence-corrected chi connectivity index (χ0v) is 16.6. The molecule has 1 aromatic heterocycles. The predicted molar refractivity (Wildman–Crippen MR) is 114 cm³/mol. The number of hydrogen-bond acceptors (Lipinski definition) is 4. The number of nitrogens with zero attached hydrogens (tertiary/aromatic N) is 4. The first-order valence-electron chi connectivity index (χ1n) is 10.6. The van der Waals surface area contributed by atoms with Gasteiger partial charge in [-0.1, -0.05) is 43.2 Å². The van der Waals surface area contributed by atoms with E-state index in [1.165, 1.54) is 18.4 Å². The lowest BCUT2D eigenvalue weighted by Gasteiger charge is -2.33. The molecule has 0 bridgehead atoms. The molecule has 5 rings (SSSR count). The van der Waals surface area contributed by atoms with Crippen LogP contribution in [-0.4, -0.2) is 46.4 Å². The average Bonchev–Trinajstić information content (AvgIpc) is 3.45. The fourth-order valence-electron chi connectivity index (χ4n) is 5.02. The number of likely N-dealkylation sites (tertiary alicyclic amines) is 1. The maximum absolute atomic E-state index is 13.1. The van der Waals surface area contributed by atoms with E-state index in [4.69, 9.17) is 4.99 Å². The van der Waals surface area contributed by atoms with Gasteiger partial charge in [0, 0.05) is 25.8 Å². The number of carbonyl (C=O) groups is 1. The molecule has 3 fully saturated rings. The summed E-state index contributed by atoms with van der Waals surface area (Å²) in [5.74, 6) is 0.855. The number of benzene rings is 1. The number of carbonyl (C=O) groups excluding carboxylic acids is 1. The molecule has 2 aromatic rings. The molecule has 29 heavy (non-hydrogen) atoms. The first-order chi connectivity index (χ1) is 14.2. The van der Waals surface area contributed by atoms with Gasteiger partial charge in [-0.25, -0.2) is 4.79 Å². The molecule has 1 spiro atoms. The van der Waals surface area contributed by atoms with E-state index in [1.807, 2.05) is 23.1 Å². The predicted octanol–water partition coefficient (Wildman–Crippen LogP) is 3.60. The third-order valence-electron chi connectivity index (χ3n) is 6.41. The van der Waals surface area contributed by atoms with Crippen molar-refractivity contribution in [3.05, 3.63) is 60.4 Å². The van der Waals surface area contributed by atoms with Crippen LogP contribution in [0.4, 0.5) is 10.5 Å². The Hall–Kier alpha value is -2.73. The lowest BCUT2D eigenvalue weighted by molar-refractivity contribution is 0.250. The number of nitrogens with one attached hydrogen (secondary N) is 1. The van der Waals surface area contributed by atoms with Crippen molar-refractivity contribution in [1.29, 1.82) is 0 Å². The van der Waals surface area contributed by atoms with Gasteiger partial charge in [-0.2, -0.15) is 0 Å². The molecule has 3 aliphatic rings. The minimum Gasteiger partial charge on any atom is -0.296 e. The van der Waals surface area contributed by atoms with Gasteiger partial charge in [-0.3, -0.25) is 25.1 Å². The molecule has 150 valence electrons. The minimum atomic E-state index is -0.433. The number of hydrogen-bond donors (Lipinski definition) is 1. The van der Waals surface area contributed by atoms with E-state index >= 15 is 0 Å². The van der Waals surface area contributed by atoms with Crippen LogP contribution in [0.3, 0.4) is 0 Å². The zero-order chi connectivity index (χ0) is 19.7. The molecule has 1 N–H and O–H groups in total. The van der Waals surface area contributed by atoms with Crippen LogP contribution >= 0.6 is 0 Å². The number of aliphatic imine (C=N–C) groups is 1. The average molecular weight is 390 g/mol. The molecule has 2 aliphatic heterocycles. The molecule has 0 radical (unpaired) electrons. The summed E-state index contributed by atoms with van der Waals surface area (Å²) in [4.78, 5) is 26.7. The molecule has 1 aliphatic carbocycles. The van der Waals surface area contributed by atoms with Crippen molar-refractivity contribution in [2.45, 2.75) is 50.2 Å². The van der Waals surface area contributed by atoms with Crippen LogP contribution in [0.2, 0.25) is 0 Å². The Morgan fingerprint density at radius 2 is 1.97 bits per heavy atom. The first kappa shape index (κ1) is 18.3. The molecule has 6 nitrogen and oxygen atoms in total. The van der Waals surface area contributed by atoms with Crippen LogP contribution in [0.25, 0.3) is 0 Å². The van der Waals surface area contributed by atoms with E-state index in [1.54, 1.807) is 12.4 Å². The fraction of sp³-hybridized carbons (Fsp3) is 0.435. The Bertz CT molecular complexity index is 894. The van der Waals surface area contributed by atoms with Crippen molar-refractivity contribution in [3.8, 4) is 0 Å². The molecule has 1 unspecified atom stereocenters. The summed E-state index contributed by atoms with van der Waals surface area (Å²) in [7, 11) is 0. The Morgan fingerprint density at radius 1 is 1.14 bits per heavy atom. The number of aromatic nitrogens is 1. The standard InChI is InChI=1S/C23H27N5O/c29-22-26-21(25-19-9-4-5-10-19)23(28(22)20-11-6-13-24-15-20)12-14-27(17-23)16-18-7-2-1-3-8-18/h1-3,6-8,11,13,15,19H,4-5,9-10,12,14,16-17H2,(H,25,26,29). The van der Waals surface area contributed by atoms with Crippen molar-refractivity contribution < 1.29 is 4.79 Å². The normalized spacial score (nSPS) is 26.7. The van der Waals surface area contributed by atoms with Gasteiger partial charge in [-0.15, -0.1) is 0 Å². The second kappa shape index (κ2) is 7.59. The fourth-order valence-corrected chi connectivity index (χ4v) is 5.02. The summed E-state index contributed by atoms with van der Waals surface area (Å²) in [6, 6.07) is 14.6. The molecular formula is C23H27N5O. The van der Waals surface area contributed by atoms with Crippen molar-refractivity contribution in [2.75, 3.05) is 18.0 Å². The van der Waals surface area contributed by atoms with Gasteiger partial charge in [0.05, 0.1) is 17.9 Å². The summed E-state index contributed by atoms with van der Waals surface area (Å²) >= 11 is 0. The summed E-state index contributed by atoms with van der Waals surface area (Å²) in [5.41, 5.74) is 1.70. The number of rotatable bonds is 4. The lowest BCUT2D eigenvalue weighted by Crippen LogP contribution is -2.52. The van der Waals surface area contributed by atoms with Gasteiger partial charge in [0.15, 0.2) is 0 Å². The van der Waals surface area contributed by atoms with Gasteiger partial charge < -0.3 is 0 Å². The number of amides is 2. The molecule has 2 amide bonds. The Labute approximate surface area is 171 Å². The van der Waals surface area contributed by atoms with Gasteiger partial charge in [0.25, 0.3) is 0 Å². The Kier molecular flexibility index (Phi) is 4.79. The Balaban J connectivity index is 1.48. The number of anilines is 1. The summed E-state index contributed by atoms with van der Waals surface area (Å²) < 4.78 is 0. The maximum atomic E-state index is 13.1. The van der Waals surface area contributed by atoms with E-state index in [-0.39, 0.29) is 6.03 Å². The highest BCUT2D eigenvalue weighted by molar-refractivity contribution is 6.19. The van der Waals surface area contributed by atoms with Gasteiger partial charge in [0.1, 0.15) is 11.4 Å². The second-order valence-corrected chi connectivity index (χ2v) is 8.37. The van der Waals surface area contributed by atoms with E-state index < -0.39 is 5.54 Å². The van der Waals surface area contributed by atoms with E-state index in [9.17, 15) is 4.79 Å². The molecule has 1 atom stereocenters. The molecule has 2 saturated heterocycles. The zero-order valence-electron chi connectivity index (χ0n) is 16.6. The topological polar surface area (TPSA) is 60.8 Å².